The second-order valence-electron chi connectivity index (χ2n) is 6.42. The van der Waals surface area contributed by atoms with Crippen molar-refractivity contribution in [2.45, 2.75) is 33.2 Å². The van der Waals surface area contributed by atoms with Gasteiger partial charge in [-0.1, -0.05) is 37.0 Å². The zero-order chi connectivity index (χ0) is 20.4. The number of hydrogen-bond acceptors (Lipinski definition) is 7. The number of thioether (sulfide) groups is 1. The zero-order valence-electron chi connectivity index (χ0n) is 15.9. The number of rotatable bonds is 6. The third-order valence-corrected chi connectivity index (χ3v) is 5.98. The Morgan fingerprint density at radius 1 is 1.39 bits per heavy atom. The van der Waals surface area contributed by atoms with Crippen LogP contribution in [0, 0.1) is 6.92 Å². The van der Waals surface area contributed by atoms with Gasteiger partial charge in [0.25, 0.3) is 11.5 Å². The van der Waals surface area contributed by atoms with E-state index in [0.29, 0.717) is 33.7 Å². The fraction of sp³-hybridized carbons (Fsp3) is 0.368. The quantitative estimate of drug-likeness (QED) is 0.550. The molecular weight excluding hydrogens is 396 g/mol. The molecule has 0 saturated carbocycles. The summed E-state index contributed by atoms with van der Waals surface area (Å²) in [7, 11) is 0. The Bertz CT molecular complexity index is 1030. The number of pyridine rings is 1. The first-order chi connectivity index (χ1) is 13.4. The van der Waals surface area contributed by atoms with Crippen LogP contribution in [0.15, 0.2) is 28.0 Å². The molecule has 0 spiro atoms. The zero-order valence-corrected chi connectivity index (χ0v) is 17.6. The predicted molar refractivity (Wildman–Crippen MR) is 117 cm³/mol. The number of fused-ring (bicyclic) bond motifs is 1. The average Bonchev–Trinajstić information content (AvgIpc) is 2.95. The van der Waals surface area contributed by atoms with Crippen molar-refractivity contribution >= 4 is 51.7 Å². The standard InChI is InChI=1S/C19H22N4O3S2/c1-4-12(10-24)20-15-13(9-14-18(26)22(5-2)19(27)28-14)17(25)23-8-6-7-11(3)16(23)21-15/h6-9,12,20,24H,4-5,10H2,1-3H3/b14-9+/t12-/m0/s1. The highest BCUT2D eigenvalue weighted by atomic mass is 32.2. The first-order valence-electron chi connectivity index (χ1n) is 9.05. The van der Waals surface area contributed by atoms with Crippen LogP contribution >= 0.6 is 24.0 Å². The van der Waals surface area contributed by atoms with E-state index in [1.54, 1.807) is 18.3 Å². The molecule has 0 radical (unpaired) electrons. The lowest BCUT2D eigenvalue weighted by atomic mass is 10.2. The molecule has 0 aliphatic carbocycles. The molecule has 1 saturated heterocycles. The van der Waals surface area contributed by atoms with E-state index in [0.717, 1.165) is 5.56 Å². The molecule has 7 nitrogen and oxygen atoms in total. The Balaban J connectivity index is 2.21. The van der Waals surface area contributed by atoms with E-state index >= 15 is 0 Å². The lowest BCUT2D eigenvalue weighted by Gasteiger charge is -2.17. The number of thiocarbonyl (C=S) groups is 1. The summed E-state index contributed by atoms with van der Waals surface area (Å²) in [5.41, 5.74) is 1.36. The summed E-state index contributed by atoms with van der Waals surface area (Å²) in [5, 5.41) is 12.7. The number of likely N-dealkylation sites (N-methyl/N-ethyl adjacent to an activating group) is 1. The molecule has 1 amide bonds. The highest BCUT2D eigenvalue weighted by molar-refractivity contribution is 8.26. The lowest BCUT2D eigenvalue weighted by Crippen LogP contribution is -2.28. The molecule has 2 aromatic rings. The molecule has 28 heavy (non-hydrogen) atoms. The Morgan fingerprint density at radius 3 is 2.75 bits per heavy atom. The van der Waals surface area contributed by atoms with Crippen LogP contribution in [-0.2, 0) is 4.79 Å². The van der Waals surface area contributed by atoms with E-state index in [1.807, 2.05) is 26.8 Å². The van der Waals surface area contributed by atoms with Gasteiger partial charge in [-0.3, -0.25) is 18.9 Å². The van der Waals surface area contributed by atoms with Crippen LogP contribution in [0.5, 0.6) is 0 Å². The van der Waals surface area contributed by atoms with Crippen molar-refractivity contribution in [2.24, 2.45) is 0 Å². The molecule has 3 heterocycles. The number of aromatic nitrogens is 2. The number of amides is 1. The number of nitrogens with zero attached hydrogens (tertiary/aromatic N) is 3. The first-order valence-corrected chi connectivity index (χ1v) is 10.3. The van der Waals surface area contributed by atoms with E-state index in [1.165, 1.54) is 21.1 Å². The summed E-state index contributed by atoms with van der Waals surface area (Å²) in [6.45, 7) is 6.04. The molecule has 2 aromatic heterocycles. The van der Waals surface area contributed by atoms with Crippen LogP contribution < -0.4 is 10.9 Å². The third-order valence-electron chi connectivity index (χ3n) is 4.60. The molecule has 2 N–H and O–H groups in total. The first kappa shape index (κ1) is 20.5. The van der Waals surface area contributed by atoms with E-state index in [9.17, 15) is 14.7 Å². The summed E-state index contributed by atoms with van der Waals surface area (Å²) in [6.07, 6.45) is 3.85. The fourth-order valence-corrected chi connectivity index (χ4v) is 4.29. The molecule has 9 heteroatoms. The lowest BCUT2D eigenvalue weighted by molar-refractivity contribution is -0.121. The summed E-state index contributed by atoms with van der Waals surface area (Å²) in [6, 6.07) is 3.40. The molecule has 0 unspecified atom stereocenters. The average molecular weight is 419 g/mol. The second kappa shape index (κ2) is 8.42. The molecule has 1 aliphatic heterocycles. The topological polar surface area (TPSA) is 86.9 Å². The highest BCUT2D eigenvalue weighted by Crippen LogP contribution is 2.32. The van der Waals surface area contributed by atoms with Crippen molar-refractivity contribution in [3.63, 3.8) is 0 Å². The largest absolute Gasteiger partial charge is 0.394 e. The normalized spacial score (nSPS) is 17.0. The van der Waals surface area contributed by atoms with Gasteiger partial charge in [0.2, 0.25) is 0 Å². The fourth-order valence-electron chi connectivity index (χ4n) is 2.93. The molecule has 3 rings (SSSR count). The molecule has 1 fully saturated rings. The minimum atomic E-state index is -0.286. The van der Waals surface area contributed by atoms with E-state index in [-0.39, 0.29) is 29.7 Å². The van der Waals surface area contributed by atoms with Crippen LogP contribution in [0.4, 0.5) is 5.82 Å². The summed E-state index contributed by atoms with van der Waals surface area (Å²) >= 11 is 6.43. The van der Waals surface area contributed by atoms with Crippen molar-refractivity contribution in [2.75, 3.05) is 18.5 Å². The maximum Gasteiger partial charge on any atom is 0.267 e. The molecule has 148 valence electrons. The van der Waals surface area contributed by atoms with Gasteiger partial charge in [0, 0.05) is 12.7 Å². The van der Waals surface area contributed by atoms with Gasteiger partial charge in [-0.15, -0.1) is 0 Å². The monoisotopic (exact) mass is 418 g/mol. The Labute approximate surface area is 172 Å². The van der Waals surface area contributed by atoms with Crippen LogP contribution in [0.2, 0.25) is 0 Å². The number of anilines is 1. The summed E-state index contributed by atoms with van der Waals surface area (Å²) in [4.78, 5) is 32.3. The van der Waals surface area contributed by atoms with Crippen LogP contribution in [0.25, 0.3) is 11.7 Å². The number of nitrogens with one attached hydrogen (secondary N) is 1. The van der Waals surface area contributed by atoms with Gasteiger partial charge >= 0.3 is 0 Å². The van der Waals surface area contributed by atoms with Crippen LogP contribution in [-0.4, -0.2) is 48.8 Å². The number of aliphatic hydroxyl groups is 1. The number of aliphatic hydroxyl groups excluding tert-OH is 1. The predicted octanol–water partition coefficient (Wildman–Crippen LogP) is 2.41. The maximum atomic E-state index is 13.2. The van der Waals surface area contributed by atoms with Gasteiger partial charge in [-0.05, 0) is 38.0 Å². The van der Waals surface area contributed by atoms with Crippen molar-refractivity contribution < 1.29 is 9.90 Å². The number of carbonyl (C=O) groups excluding carboxylic acids is 1. The number of hydrogen-bond donors (Lipinski definition) is 2. The van der Waals surface area contributed by atoms with Gasteiger partial charge in [0.05, 0.1) is 23.1 Å². The van der Waals surface area contributed by atoms with Crippen molar-refractivity contribution in [1.29, 1.82) is 0 Å². The van der Waals surface area contributed by atoms with Gasteiger partial charge in [-0.25, -0.2) is 4.98 Å². The summed E-state index contributed by atoms with van der Waals surface area (Å²) < 4.78 is 1.94. The van der Waals surface area contributed by atoms with Crippen molar-refractivity contribution in [1.82, 2.24) is 14.3 Å². The molecule has 0 aromatic carbocycles. The van der Waals surface area contributed by atoms with Crippen LogP contribution in [0.3, 0.4) is 0 Å². The Morgan fingerprint density at radius 2 is 2.14 bits per heavy atom. The van der Waals surface area contributed by atoms with E-state index in [4.69, 9.17) is 12.2 Å². The van der Waals surface area contributed by atoms with Gasteiger partial charge in [-0.2, -0.15) is 0 Å². The van der Waals surface area contributed by atoms with E-state index in [2.05, 4.69) is 10.3 Å². The smallest absolute Gasteiger partial charge is 0.267 e. The Hall–Kier alpha value is -2.23. The molecule has 1 aliphatic rings. The second-order valence-corrected chi connectivity index (χ2v) is 8.10. The van der Waals surface area contributed by atoms with Crippen molar-refractivity contribution in [3.8, 4) is 0 Å². The highest BCUT2D eigenvalue weighted by Gasteiger charge is 2.31. The number of carbonyl (C=O) groups is 1. The van der Waals surface area contributed by atoms with Gasteiger partial charge in [0.15, 0.2) is 0 Å². The third kappa shape index (κ3) is 3.69. The Kier molecular flexibility index (Phi) is 6.17. The van der Waals surface area contributed by atoms with E-state index < -0.39 is 0 Å². The van der Waals surface area contributed by atoms with Crippen LogP contribution in [0.1, 0.15) is 31.4 Å². The van der Waals surface area contributed by atoms with Gasteiger partial charge < -0.3 is 10.4 Å². The maximum absolute atomic E-state index is 13.2. The van der Waals surface area contributed by atoms with Gasteiger partial charge in [0.1, 0.15) is 15.8 Å². The molecule has 1 atom stereocenters. The SMILES string of the molecule is CC[C@@H](CO)Nc1nc2c(C)cccn2c(=O)c1/C=C1/SC(=S)N(CC)C1=O. The van der Waals surface area contributed by atoms with Crippen molar-refractivity contribution in [3.05, 3.63) is 44.7 Å². The minimum Gasteiger partial charge on any atom is -0.394 e. The molecule has 0 bridgehead atoms. The number of aryl methyl sites for hydroxylation is 1. The molecular formula is C19H22N4O3S2. The minimum absolute atomic E-state index is 0.0945. The summed E-state index contributed by atoms with van der Waals surface area (Å²) in [5.74, 6) is 0.133.